The molecule has 2 amide bonds. The maximum atomic E-state index is 15.1. The highest BCUT2D eigenvalue weighted by molar-refractivity contribution is 7.46. The molecule has 2 aliphatic rings. The van der Waals surface area contributed by atoms with Crippen LogP contribution in [0.2, 0.25) is 0 Å². The van der Waals surface area contributed by atoms with Crippen LogP contribution in [-0.2, 0) is 71.0 Å². The van der Waals surface area contributed by atoms with E-state index in [9.17, 15) is 63.9 Å². The number of ether oxygens (including phenoxy) is 7. The van der Waals surface area contributed by atoms with Gasteiger partial charge in [-0.15, -0.1) is 0 Å². The van der Waals surface area contributed by atoms with Gasteiger partial charge in [0.15, 0.2) is 24.8 Å². The zero-order valence-corrected chi connectivity index (χ0v) is 76.8. The first-order valence-corrected chi connectivity index (χ1v) is 50.5. The summed E-state index contributed by atoms with van der Waals surface area (Å²) in [6, 6.07) is -3.47. The van der Waals surface area contributed by atoms with Crippen LogP contribution < -0.4 is 10.6 Å². The molecule has 0 aliphatic carbocycles. The SMILES string of the molecule is CCCCCCCCCCCCCC(=O)O[C@H](CCCCCCCCCCC)CC(=O)O[C@@H]1C(NC(=O)C[C@@H](CCCCCCCCCCC)OC(=O)CCCCCCCCCCC)[C@H](OCC2O[C@H](O)C(NC(=O)C[C@H](O)CCCCCCCCCCC)[C@@H](OC(=O)C[C@H](O)CCCCCCCCCCC)[C@@H]2O)OC(CO)[C@H]1OP(=O)(O)O. The number of esters is 4. The van der Waals surface area contributed by atoms with Crippen molar-refractivity contribution in [1.82, 2.24) is 10.6 Å². The van der Waals surface area contributed by atoms with E-state index in [1.54, 1.807) is 0 Å². The Morgan fingerprint density at radius 2 is 0.664 bits per heavy atom. The number of aliphatic hydroxyl groups is 5. The Hall–Kier alpha value is -3.39. The fourth-order valence-electron chi connectivity index (χ4n) is 16.4. The van der Waals surface area contributed by atoms with E-state index in [4.69, 9.17) is 37.7 Å². The van der Waals surface area contributed by atoms with Crippen LogP contribution in [-0.4, -0.2) is 170 Å². The van der Waals surface area contributed by atoms with Gasteiger partial charge in [0.05, 0.1) is 51.1 Å². The Labute approximate surface area is 721 Å². The van der Waals surface area contributed by atoms with Gasteiger partial charge in [0, 0.05) is 12.8 Å². The number of phosphoric ester groups is 1. The van der Waals surface area contributed by atoms with Gasteiger partial charge in [-0.3, -0.25) is 33.3 Å². The topological polar surface area (TPSA) is 359 Å². The lowest BCUT2D eigenvalue weighted by Gasteiger charge is -2.46. The van der Waals surface area contributed by atoms with E-state index in [0.717, 1.165) is 205 Å². The van der Waals surface area contributed by atoms with E-state index in [0.29, 0.717) is 51.4 Å². The standard InChI is InChI=1S/C94H177N2O22P/c1-7-13-19-25-31-37-38-44-50-56-62-68-84(103)113-78(66-60-54-48-42-35-29-23-17-11-5)72-86(105)117-92-88(96-82(101)71-77(65-59-53-47-41-34-28-22-16-10-4)112-83(102)67-61-55-49-43-36-30-24-18-12-6)94(115-79(73-97)90(92)118-119(108,109)110)111-74-80-89(106)91(116-85(104)70-76(99)64-58-52-46-40-33-27-21-15-9-3)87(93(107)114-80)95-81(100)69-75(98)63-57-51-45-39-32-26-20-14-8-2/h75-80,87-94,97-99,106-107H,7-74H2,1-6H3,(H,95,100)(H,96,101)(H2,108,109,110)/t75-,76-,77-,78-,79?,80?,87?,88?,89-,90-,91-,92-,93+,94-/m1/s1. The molecule has 0 spiro atoms. The number of phosphoric acid groups is 1. The lowest BCUT2D eigenvalue weighted by molar-refractivity contribution is -0.298. The van der Waals surface area contributed by atoms with Crippen LogP contribution in [0.25, 0.3) is 0 Å². The average Bonchev–Trinajstić information content (AvgIpc) is 0.784. The highest BCUT2D eigenvalue weighted by Crippen LogP contribution is 2.43. The lowest BCUT2D eigenvalue weighted by atomic mass is 9.95. The summed E-state index contributed by atoms with van der Waals surface area (Å²) < 4.78 is 61.8. The van der Waals surface area contributed by atoms with Crippen LogP contribution in [0.1, 0.15) is 465 Å². The number of nitrogens with one attached hydrogen (secondary N) is 2. The number of hydrogen-bond acceptors (Lipinski definition) is 20. The predicted molar refractivity (Wildman–Crippen MR) is 470 cm³/mol. The van der Waals surface area contributed by atoms with Gasteiger partial charge in [0.25, 0.3) is 0 Å². The van der Waals surface area contributed by atoms with E-state index < -0.39 is 168 Å². The molecular formula is C94H177N2O22P. The van der Waals surface area contributed by atoms with Crippen molar-refractivity contribution in [1.29, 1.82) is 0 Å². The molecule has 14 atom stereocenters. The molecule has 700 valence electrons. The Morgan fingerprint density at radius 3 is 1.03 bits per heavy atom. The summed E-state index contributed by atoms with van der Waals surface area (Å²) in [6.45, 7) is 11.2. The summed E-state index contributed by atoms with van der Waals surface area (Å²) in [5.74, 6) is -4.56. The molecule has 25 heteroatoms. The number of unbranched alkanes of at least 4 members (excludes halogenated alkanes) is 50. The molecule has 119 heavy (non-hydrogen) atoms. The van der Waals surface area contributed by atoms with Crippen molar-refractivity contribution < 1.29 is 106 Å². The minimum Gasteiger partial charge on any atom is -0.462 e. The van der Waals surface area contributed by atoms with Gasteiger partial charge in [0.2, 0.25) is 11.8 Å². The number of hydrogen-bond donors (Lipinski definition) is 9. The summed E-state index contributed by atoms with van der Waals surface area (Å²) in [6.07, 6.45) is 38.1. The highest BCUT2D eigenvalue weighted by atomic mass is 31.2. The molecule has 2 saturated heterocycles. The van der Waals surface area contributed by atoms with E-state index in [1.165, 1.54) is 116 Å². The molecule has 0 bridgehead atoms. The first kappa shape index (κ1) is 112. The van der Waals surface area contributed by atoms with Crippen molar-refractivity contribution >= 4 is 43.5 Å². The largest absolute Gasteiger partial charge is 0.470 e. The van der Waals surface area contributed by atoms with Crippen LogP contribution in [0, 0.1) is 0 Å². The first-order chi connectivity index (χ1) is 57.6. The van der Waals surface area contributed by atoms with Crippen molar-refractivity contribution in [3.8, 4) is 0 Å². The second kappa shape index (κ2) is 74.8. The quantitative estimate of drug-likeness (QED) is 0.0118. The van der Waals surface area contributed by atoms with E-state index in [1.807, 2.05) is 0 Å². The molecule has 2 rings (SSSR count). The third-order valence-electron chi connectivity index (χ3n) is 23.6. The molecule has 0 aromatic heterocycles. The maximum Gasteiger partial charge on any atom is 0.470 e. The second-order valence-corrected chi connectivity index (χ2v) is 36.1. The monoisotopic (exact) mass is 1720 g/mol. The lowest BCUT2D eigenvalue weighted by Crippen LogP contribution is -2.68. The third kappa shape index (κ3) is 59.3. The number of rotatable bonds is 82. The van der Waals surface area contributed by atoms with E-state index in [-0.39, 0.29) is 25.7 Å². The molecule has 4 unspecified atom stereocenters. The Bertz CT molecular complexity index is 2520. The van der Waals surface area contributed by atoms with Crippen molar-refractivity contribution in [2.24, 2.45) is 0 Å². The average molecular weight is 1720 g/mol. The van der Waals surface area contributed by atoms with Gasteiger partial charge in [-0.1, -0.05) is 375 Å². The maximum absolute atomic E-state index is 15.1. The summed E-state index contributed by atoms with van der Waals surface area (Å²) in [5.41, 5.74) is 0. The van der Waals surface area contributed by atoms with Crippen LogP contribution in [0.3, 0.4) is 0 Å². The number of carbonyl (C=O) groups excluding carboxylic acids is 6. The molecule has 0 aromatic carbocycles. The second-order valence-electron chi connectivity index (χ2n) is 35.0. The fraction of sp³-hybridized carbons (Fsp3) is 0.936. The summed E-state index contributed by atoms with van der Waals surface area (Å²) in [5, 5.41) is 63.2. The van der Waals surface area contributed by atoms with Gasteiger partial charge in [-0.2, -0.15) is 0 Å². The molecule has 0 radical (unpaired) electrons. The van der Waals surface area contributed by atoms with Crippen LogP contribution in [0.15, 0.2) is 0 Å². The van der Waals surface area contributed by atoms with E-state index >= 15 is 4.79 Å². The summed E-state index contributed by atoms with van der Waals surface area (Å²) in [4.78, 5) is 107. The molecule has 0 saturated carbocycles. The number of carbonyl (C=O) groups is 6. The van der Waals surface area contributed by atoms with Gasteiger partial charge in [0.1, 0.15) is 48.7 Å². The van der Waals surface area contributed by atoms with Crippen molar-refractivity contribution in [3.63, 3.8) is 0 Å². The molecule has 2 fully saturated rings. The molecular weight excluding hydrogens is 1540 g/mol. The first-order valence-electron chi connectivity index (χ1n) is 49.0. The summed E-state index contributed by atoms with van der Waals surface area (Å²) in [7, 11) is -5.62. The van der Waals surface area contributed by atoms with Crippen LogP contribution >= 0.6 is 7.82 Å². The third-order valence-corrected chi connectivity index (χ3v) is 24.1. The van der Waals surface area contributed by atoms with Gasteiger partial charge >= 0.3 is 31.7 Å². The molecule has 0 aromatic rings. The van der Waals surface area contributed by atoms with Gasteiger partial charge in [-0.25, -0.2) is 4.57 Å². The zero-order valence-electron chi connectivity index (χ0n) is 75.9. The molecule has 2 heterocycles. The Balaban J connectivity index is 2.73. The van der Waals surface area contributed by atoms with Gasteiger partial charge < -0.3 is 79.1 Å². The smallest absolute Gasteiger partial charge is 0.462 e. The van der Waals surface area contributed by atoms with Crippen LogP contribution in [0.5, 0.6) is 0 Å². The van der Waals surface area contributed by atoms with Gasteiger partial charge in [-0.05, 0) is 51.4 Å². The summed E-state index contributed by atoms with van der Waals surface area (Å²) >= 11 is 0. The predicted octanol–water partition coefficient (Wildman–Crippen LogP) is 20.5. The zero-order chi connectivity index (χ0) is 87.2. The van der Waals surface area contributed by atoms with E-state index in [2.05, 4.69) is 52.2 Å². The minimum atomic E-state index is -5.62. The number of aliphatic hydroxyl groups excluding tert-OH is 5. The van der Waals surface area contributed by atoms with Crippen molar-refractivity contribution in [2.45, 2.75) is 551 Å². The van der Waals surface area contributed by atoms with Crippen molar-refractivity contribution in [3.05, 3.63) is 0 Å². The molecule has 24 nitrogen and oxygen atoms in total. The fourth-order valence-corrected chi connectivity index (χ4v) is 16.9. The minimum absolute atomic E-state index is 0.111. The normalized spacial score (nSPS) is 20.5. The van der Waals surface area contributed by atoms with Crippen molar-refractivity contribution in [2.75, 3.05) is 13.2 Å². The Kier molecular flexibility index (Phi) is 70.2. The molecule has 2 aliphatic heterocycles. The Morgan fingerprint density at radius 1 is 0.353 bits per heavy atom. The molecule has 9 N–H and O–H groups in total. The number of amides is 2. The van der Waals surface area contributed by atoms with Crippen LogP contribution in [0.4, 0.5) is 0 Å². The highest BCUT2D eigenvalue weighted by Gasteiger charge is 2.54.